The molecule has 0 N–H and O–H groups in total. The van der Waals surface area contributed by atoms with Crippen LogP contribution in [0, 0.1) is 27.7 Å². The fourth-order valence-corrected chi connectivity index (χ4v) is 3.82. The van der Waals surface area contributed by atoms with Crippen molar-refractivity contribution < 1.29 is 0 Å². The maximum atomic E-state index is 4.52. The van der Waals surface area contributed by atoms with Gasteiger partial charge in [0.1, 0.15) is 0 Å². The summed E-state index contributed by atoms with van der Waals surface area (Å²) in [7, 11) is 1.97. The van der Waals surface area contributed by atoms with Crippen molar-refractivity contribution in [2.75, 3.05) is 4.90 Å². The molecule has 0 aliphatic rings. The molecule has 0 spiro atoms. The summed E-state index contributed by atoms with van der Waals surface area (Å²) in [4.78, 5) is 2.46. The number of aromatic nitrogens is 2. The maximum absolute atomic E-state index is 4.52. The topological polar surface area (TPSA) is 21.1 Å². The average Bonchev–Trinajstić information content (AvgIpc) is 3.06. The highest BCUT2D eigenvalue weighted by Gasteiger charge is 2.12. The second-order valence-corrected chi connectivity index (χ2v) is 8.24. The molecular formula is C26H29N3. The molecule has 1 heterocycles. The van der Waals surface area contributed by atoms with E-state index in [1.54, 1.807) is 0 Å². The van der Waals surface area contributed by atoms with Gasteiger partial charge in [0, 0.05) is 37.4 Å². The van der Waals surface area contributed by atoms with Crippen molar-refractivity contribution in [3.05, 3.63) is 94.2 Å². The molecule has 0 atom stereocenters. The first kappa shape index (κ1) is 19.3. The molecule has 3 aromatic carbocycles. The highest BCUT2D eigenvalue weighted by molar-refractivity contribution is 5.82. The van der Waals surface area contributed by atoms with Gasteiger partial charge in [0.05, 0.1) is 5.52 Å². The lowest BCUT2D eigenvalue weighted by molar-refractivity contribution is 0.780. The Morgan fingerprint density at radius 1 is 0.724 bits per heavy atom. The number of aryl methyl sites for hydroxylation is 5. The molecule has 0 amide bonds. The van der Waals surface area contributed by atoms with Crippen LogP contribution in [0.3, 0.4) is 0 Å². The van der Waals surface area contributed by atoms with Gasteiger partial charge in [-0.1, -0.05) is 36.4 Å². The highest BCUT2D eigenvalue weighted by Crippen LogP contribution is 2.26. The first-order valence-corrected chi connectivity index (χ1v) is 10.2. The molecule has 0 fully saturated rings. The Labute approximate surface area is 173 Å². The number of hydrogen-bond acceptors (Lipinski definition) is 2. The van der Waals surface area contributed by atoms with Crippen molar-refractivity contribution in [3.8, 4) is 0 Å². The lowest BCUT2D eigenvalue weighted by atomic mass is 10.0. The van der Waals surface area contributed by atoms with E-state index in [1.165, 1.54) is 44.5 Å². The third-order valence-corrected chi connectivity index (χ3v) is 5.86. The smallest absolute Gasteiger partial charge is 0.0924 e. The highest BCUT2D eigenvalue weighted by atomic mass is 15.2. The molecule has 4 aromatic rings. The maximum Gasteiger partial charge on any atom is 0.0924 e. The molecule has 0 aliphatic carbocycles. The lowest BCUT2D eigenvalue weighted by Crippen LogP contribution is -2.22. The quantitative estimate of drug-likeness (QED) is 0.420. The van der Waals surface area contributed by atoms with Crippen LogP contribution >= 0.6 is 0 Å². The standard InChI is InChI=1S/C26H29N3/c1-18-6-8-22(12-20(18)3)15-29(16-23-9-7-19(2)21(4)13-23)25-10-11-26-24(14-25)17-28(5)27-26/h6-14,17H,15-16H2,1-5H3. The molecule has 148 valence electrons. The number of anilines is 1. The number of hydrogen-bond donors (Lipinski definition) is 0. The zero-order valence-corrected chi connectivity index (χ0v) is 18.0. The second-order valence-electron chi connectivity index (χ2n) is 8.24. The van der Waals surface area contributed by atoms with Gasteiger partial charge in [-0.25, -0.2) is 0 Å². The van der Waals surface area contributed by atoms with E-state index in [-0.39, 0.29) is 0 Å². The summed E-state index contributed by atoms with van der Waals surface area (Å²) in [5.74, 6) is 0. The monoisotopic (exact) mass is 383 g/mol. The minimum Gasteiger partial charge on any atom is -0.363 e. The van der Waals surface area contributed by atoms with Crippen LogP contribution in [0.4, 0.5) is 5.69 Å². The number of fused-ring (bicyclic) bond motifs is 1. The zero-order chi connectivity index (χ0) is 20.5. The van der Waals surface area contributed by atoms with E-state index >= 15 is 0 Å². The average molecular weight is 384 g/mol. The normalized spacial score (nSPS) is 11.2. The molecule has 0 saturated heterocycles. The Morgan fingerprint density at radius 3 is 1.86 bits per heavy atom. The third-order valence-electron chi connectivity index (χ3n) is 5.86. The molecule has 0 unspecified atom stereocenters. The van der Waals surface area contributed by atoms with Crippen molar-refractivity contribution in [1.29, 1.82) is 0 Å². The van der Waals surface area contributed by atoms with E-state index < -0.39 is 0 Å². The summed E-state index contributed by atoms with van der Waals surface area (Å²) in [6, 6.07) is 20.1. The largest absolute Gasteiger partial charge is 0.363 e. The van der Waals surface area contributed by atoms with E-state index in [1.807, 2.05) is 11.7 Å². The fourth-order valence-electron chi connectivity index (χ4n) is 3.82. The number of nitrogens with zero attached hydrogens (tertiary/aromatic N) is 3. The molecule has 0 bridgehead atoms. The van der Waals surface area contributed by atoms with Gasteiger partial charge in [0.25, 0.3) is 0 Å². The van der Waals surface area contributed by atoms with Crippen molar-refractivity contribution >= 4 is 16.6 Å². The molecule has 4 rings (SSSR count). The van der Waals surface area contributed by atoms with Crippen molar-refractivity contribution in [2.45, 2.75) is 40.8 Å². The molecule has 3 heteroatoms. The number of benzene rings is 3. The predicted molar refractivity (Wildman–Crippen MR) is 122 cm³/mol. The van der Waals surface area contributed by atoms with Gasteiger partial charge in [-0.3, -0.25) is 4.68 Å². The van der Waals surface area contributed by atoms with Gasteiger partial charge in [0.15, 0.2) is 0 Å². The molecular weight excluding hydrogens is 354 g/mol. The Hall–Kier alpha value is -3.07. The van der Waals surface area contributed by atoms with Gasteiger partial charge < -0.3 is 4.90 Å². The Morgan fingerprint density at radius 2 is 1.31 bits per heavy atom. The summed E-state index contributed by atoms with van der Waals surface area (Å²) < 4.78 is 1.88. The van der Waals surface area contributed by atoms with Gasteiger partial charge in [-0.05, 0) is 79.3 Å². The molecule has 3 nitrogen and oxygen atoms in total. The van der Waals surface area contributed by atoms with E-state index in [2.05, 4.69) is 98.5 Å². The summed E-state index contributed by atoms with van der Waals surface area (Å²) in [5.41, 5.74) is 10.3. The minimum absolute atomic E-state index is 0.875. The van der Waals surface area contributed by atoms with Gasteiger partial charge in [-0.15, -0.1) is 0 Å². The first-order valence-electron chi connectivity index (χ1n) is 10.2. The Balaban J connectivity index is 1.71. The zero-order valence-electron chi connectivity index (χ0n) is 18.0. The van der Waals surface area contributed by atoms with Gasteiger partial charge in [-0.2, -0.15) is 5.10 Å². The molecule has 0 saturated carbocycles. The Bertz CT molecular complexity index is 1120. The van der Waals surface area contributed by atoms with Crippen LogP contribution in [-0.2, 0) is 20.1 Å². The van der Waals surface area contributed by atoms with E-state index in [9.17, 15) is 0 Å². The van der Waals surface area contributed by atoms with Crippen LogP contribution < -0.4 is 4.90 Å². The van der Waals surface area contributed by atoms with Crippen LogP contribution in [0.5, 0.6) is 0 Å². The summed E-state index contributed by atoms with van der Waals surface area (Å²) in [6.45, 7) is 10.5. The van der Waals surface area contributed by atoms with E-state index in [4.69, 9.17) is 0 Å². The fraction of sp³-hybridized carbons (Fsp3) is 0.269. The lowest BCUT2D eigenvalue weighted by Gasteiger charge is -2.26. The second kappa shape index (κ2) is 7.75. The van der Waals surface area contributed by atoms with E-state index in [0.29, 0.717) is 0 Å². The van der Waals surface area contributed by atoms with Crippen molar-refractivity contribution in [1.82, 2.24) is 9.78 Å². The van der Waals surface area contributed by atoms with Crippen LogP contribution in [0.2, 0.25) is 0 Å². The summed E-state index contributed by atoms with van der Waals surface area (Å²) >= 11 is 0. The molecule has 0 aliphatic heterocycles. The minimum atomic E-state index is 0.875. The number of rotatable bonds is 5. The Kier molecular flexibility index (Phi) is 5.14. The van der Waals surface area contributed by atoms with E-state index in [0.717, 1.165) is 18.6 Å². The first-order chi connectivity index (χ1) is 13.9. The third kappa shape index (κ3) is 4.19. The van der Waals surface area contributed by atoms with Crippen molar-refractivity contribution in [3.63, 3.8) is 0 Å². The van der Waals surface area contributed by atoms with Crippen LogP contribution in [0.15, 0.2) is 60.8 Å². The molecule has 29 heavy (non-hydrogen) atoms. The van der Waals surface area contributed by atoms with Crippen molar-refractivity contribution in [2.24, 2.45) is 7.05 Å². The van der Waals surface area contributed by atoms with Crippen LogP contribution in [-0.4, -0.2) is 9.78 Å². The predicted octanol–water partition coefficient (Wildman–Crippen LogP) is 6.01. The van der Waals surface area contributed by atoms with Gasteiger partial charge >= 0.3 is 0 Å². The van der Waals surface area contributed by atoms with Crippen LogP contribution in [0.1, 0.15) is 33.4 Å². The molecule has 0 radical (unpaired) electrons. The summed E-state index contributed by atoms with van der Waals surface area (Å²) in [5, 5.41) is 5.70. The summed E-state index contributed by atoms with van der Waals surface area (Å²) in [6.07, 6.45) is 2.09. The van der Waals surface area contributed by atoms with Gasteiger partial charge in [0.2, 0.25) is 0 Å². The van der Waals surface area contributed by atoms with Crippen LogP contribution in [0.25, 0.3) is 10.9 Å². The molecule has 1 aromatic heterocycles. The SMILES string of the molecule is Cc1ccc(CN(Cc2ccc(C)c(C)c2)c2ccc3nn(C)cc3c2)cc1C.